The smallest absolute Gasteiger partial charge is 0.288 e. The second-order valence-electron chi connectivity index (χ2n) is 6.87. The van der Waals surface area contributed by atoms with Crippen molar-refractivity contribution >= 4 is 23.2 Å². The van der Waals surface area contributed by atoms with Gasteiger partial charge in [0.05, 0.1) is 12.8 Å². The highest BCUT2D eigenvalue weighted by molar-refractivity contribution is 6.30. The Morgan fingerprint density at radius 1 is 1.20 bits per heavy atom. The number of para-hydroxylation sites is 1. The van der Waals surface area contributed by atoms with Crippen LogP contribution in [0.15, 0.2) is 47.3 Å². The largest absolute Gasteiger partial charge is 0.496 e. The fraction of sp³-hybridized carbons (Fsp3) is 0.150. The van der Waals surface area contributed by atoms with Crippen LogP contribution < -0.4 is 15.6 Å². The molecule has 0 bridgehead atoms. The van der Waals surface area contributed by atoms with Crippen molar-refractivity contribution in [1.82, 2.24) is 30.4 Å². The molecule has 0 amide bonds. The first kappa shape index (κ1) is 18.3. The number of halogens is 1. The molecule has 5 rings (SSSR count). The second kappa shape index (κ2) is 6.96. The number of ether oxygens (including phenoxy) is 1. The zero-order chi connectivity index (χ0) is 20.8. The van der Waals surface area contributed by atoms with Crippen LogP contribution in [0.4, 0.5) is 11.6 Å². The minimum Gasteiger partial charge on any atom is -0.496 e. The zero-order valence-corrected chi connectivity index (χ0v) is 16.8. The summed E-state index contributed by atoms with van der Waals surface area (Å²) in [5.74, 6) is 1.00. The fourth-order valence-electron chi connectivity index (χ4n) is 3.82. The van der Waals surface area contributed by atoms with Gasteiger partial charge in [-0.1, -0.05) is 41.0 Å². The number of tetrazole rings is 1. The normalized spacial score (nSPS) is 14.6. The van der Waals surface area contributed by atoms with Gasteiger partial charge in [0, 0.05) is 21.7 Å². The summed E-state index contributed by atoms with van der Waals surface area (Å²) in [7, 11) is 1.60. The van der Waals surface area contributed by atoms with E-state index in [1.165, 1.54) is 0 Å². The van der Waals surface area contributed by atoms with Gasteiger partial charge in [0.1, 0.15) is 17.5 Å². The Morgan fingerprint density at radius 3 is 2.83 bits per heavy atom. The minimum atomic E-state index is -0.526. The van der Waals surface area contributed by atoms with Crippen LogP contribution in [0, 0.1) is 6.92 Å². The quantitative estimate of drug-likeness (QED) is 0.460. The van der Waals surface area contributed by atoms with E-state index in [0.29, 0.717) is 33.7 Å². The predicted molar refractivity (Wildman–Crippen MR) is 111 cm³/mol. The van der Waals surface area contributed by atoms with Crippen molar-refractivity contribution in [3.63, 3.8) is 0 Å². The molecule has 0 aliphatic carbocycles. The lowest BCUT2D eigenvalue weighted by Gasteiger charge is -2.28. The van der Waals surface area contributed by atoms with Gasteiger partial charge in [-0.15, -0.1) is 0 Å². The van der Waals surface area contributed by atoms with E-state index >= 15 is 0 Å². The molecule has 0 saturated heterocycles. The van der Waals surface area contributed by atoms with Crippen LogP contribution in [-0.2, 0) is 0 Å². The molecule has 10 heteroatoms. The molecule has 1 aliphatic heterocycles. The number of hydrogen-bond acceptors (Lipinski definition) is 7. The average Bonchev–Trinajstić information content (AvgIpc) is 3.22. The van der Waals surface area contributed by atoms with Crippen molar-refractivity contribution in [2.24, 2.45) is 0 Å². The summed E-state index contributed by atoms with van der Waals surface area (Å²) in [4.78, 5) is 12.7. The van der Waals surface area contributed by atoms with Crippen molar-refractivity contribution in [3.8, 4) is 17.0 Å². The monoisotopic (exact) mass is 421 g/mol. The molecule has 9 nitrogen and oxygen atoms in total. The topological polar surface area (TPSA) is 111 Å². The summed E-state index contributed by atoms with van der Waals surface area (Å²) >= 11 is 6.15. The highest BCUT2D eigenvalue weighted by Crippen LogP contribution is 2.44. The van der Waals surface area contributed by atoms with Crippen LogP contribution in [-0.4, -0.2) is 37.5 Å². The summed E-state index contributed by atoms with van der Waals surface area (Å²) in [6, 6.07) is 12.6. The van der Waals surface area contributed by atoms with Gasteiger partial charge < -0.3 is 10.1 Å². The molecule has 4 aromatic rings. The SMILES string of the molecule is COc1ccccc1C1c2c(-c3ccc(Cl)cc3C)n[nH]c(=O)c2Nc2nnnn21. The van der Waals surface area contributed by atoms with E-state index in [1.54, 1.807) is 17.9 Å². The maximum atomic E-state index is 12.7. The molecule has 3 heterocycles. The van der Waals surface area contributed by atoms with Crippen LogP contribution in [0.1, 0.15) is 22.7 Å². The van der Waals surface area contributed by atoms with Crippen molar-refractivity contribution in [1.29, 1.82) is 0 Å². The predicted octanol–water partition coefficient (Wildman–Crippen LogP) is 3.09. The van der Waals surface area contributed by atoms with Crippen molar-refractivity contribution < 1.29 is 4.74 Å². The summed E-state index contributed by atoms with van der Waals surface area (Å²) in [5, 5.41) is 22.6. The third kappa shape index (κ3) is 2.74. The Balaban J connectivity index is 1.86. The Labute approximate surface area is 175 Å². The van der Waals surface area contributed by atoms with Crippen LogP contribution in [0.3, 0.4) is 0 Å². The van der Waals surface area contributed by atoms with E-state index in [-0.39, 0.29) is 5.56 Å². The third-order valence-electron chi connectivity index (χ3n) is 5.15. The molecule has 0 saturated carbocycles. The number of fused-ring (bicyclic) bond motifs is 2. The number of anilines is 2. The molecule has 1 atom stereocenters. The third-order valence-corrected chi connectivity index (χ3v) is 5.38. The number of aromatic amines is 1. The van der Waals surface area contributed by atoms with Gasteiger partial charge in [0.2, 0.25) is 5.95 Å². The van der Waals surface area contributed by atoms with Crippen LogP contribution in [0.25, 0.3) is 11.3 Å². The fourth-order valence-corrected chi connectivity index (χ4v) is 4.04. The molecule has 2 N–H and O–H groups in total. The van der Waals surface area contributed by atoms with Crippen molar-refractivity contribution in [2.45, 2.75) is 13.0 Å². The lowest BCUT2D eigenvalue weighted by Crippen LogP contribution is -2.29. The summed E-state index contributed by atoms with van der Waals surface area (Å²) < 4.78 is 7.22. The van der Waals surface area contributed by atoms with E-state index in [2.05, 4.69) is 31.0 Å². The number of aryl methyl sites for hydroxylation is 1. The summed E-state index contributed by atoms with van der Waals surface area (Å²) in [6.45, 7) is 1.94. The number of methoxy groups -OCH3 is 1. The molecule has 1 unspecified atom stereocenters. The number of H-pyrrole nitrogens is 1. The number of nitrogens with zero attached hydrogens (tertiary/aromatic N) is 5. The van der Waals surface area contributed by atoms with Crippen molar-refractivity contribution in [3.05, 3.63) is 74.5 Å². The van der Waals surface area contributed by atoms with Gasteiger partial charge >= 0.3 is 0 Å². The molecular weight excluding hydrogens is 406 g/mol. The zero-order valence-electron chi connectivity index (χ0n) is 16.0. The Bertz CT molecular complexity index is 1330. The van der Waals surface area contributed by atoms with Crippen molar-refractivity contribution in [2.75, 3.05) is 12.4 Å². The van der Waals surface area contributed by atoms with Crippen LogP contribution >= 0.6 is 11.6 Å². The molecule has 1 aliphatic rings. The molecular formula is C20H16ClN7O2. The highest BCUT2D eigenvalue weighted by Gasteiger charge is 2.36. The first-order chi connectivity index (χ1) is 14.6. The summed E-state index contributed by atoms with van der Waals surface area (Å²) in [6.07, 6.45) is 0. The minimum absolute atomic E-state index is 0.340. The Morgan fingerprint density at radius 2 is 2.03 bits per heavy atom. The maximum absolute atomic E-state index is 12.7. The first-order valence-electron chi connectivity index (χ1n) is 9.15. The number of nitrogens with one attached hydrogen (secondary N) is 2. The van der Waals surface area contributed by atoms with Gasteiger partial charge in [0.15, 0.2) is 0 Å². The Hall–Kier alpha value is -3.72. The van der Waals surface area contributed by atoms with Gasteiger partial charge in [-0.3, -0.25) is 4.79 Å². The van der Waals surface area contributed by atoms with Crippen LogP contribution in [0.5, 0.6) is 5.75 Å². The number of aromatic nitrogens is 6. The Kier molecular flexibility index (Phi) is 4.25. The number of hydrogen-bond donors (Lipinski definition) is 2. The molecule has 2 aromatic carbocycles. The van der Waals surface area contributed by atoms with E-state index in [1.807, 2.05) is 43.3 Å². The molecule has 0 radical (unpaired) electrons. The van der Waals surface area contributed by atoms with E-state index in [0.717, 1.165) is 16.7 Å². The lowest BCUT2D eigenvalue weighted by atomic mass is 9.91. The number of rotatable bonds is 3. The van der Waals surface area contributed by atoms with E-state index in [4.69, 9.17) is 16.3 Å². The van der Waals surface area contributed by atoms with Gasteiger partial charge in [-0.25, -0.2) is 5.10 Å². The van der Waals surface area contributed by atoms with E-state index in [9.17, 15) is 4.79 Å². The van der Waals surface area contributed by atoms with Gasteiger partial charge in [-0.05, 0) is 41.1 Å². The number of benzene rings is 2. The molecule has 2 aromatic heterocycles. The van der Waals surface area contributed by atoms with Gasteiger partial charge in [0.25, 0.3) is 5.56 Å². The van der Waals surface area contributed by atoms with Crippen LogP contribution in [0.2, 0.25) is 5.02 Å². The standard InChI is InChI=1S/C20H16ClN7O2/c1-10-9-11(21)7-8-12(10)16-15-17(19(29)24-23-16)22-20-25-26-27-28(20)18(15)13-5-3-4-6-14(13)30-2/h3-9,18H,1-2H3,(H,24,29)(H,22,25,27). The average molecular weight is 422 g/mol. The summed E-state index contributed by atoms with van der Waals surface area (Å²) in [5.41, 5.74) is 3.78. The molecule has 150 valence electrons. The first-order valence-corrected chi connectivity index (χ1v) is 9.53. The lowest BCUT2D eigenvalue weighted by molar-refractivity contribution is 0.402. The highest BCUT2D eigenvalue weighted by atomic mass is 35.5. The van der Waals surface area contributed by atoms with E-state index < -0.39 is 6.04 Å². The molecule has 0 fully saturated rings. The van der Waals surface area contributed by atoms with Gasteiger partial charge in [-0.2, -0.15) is 9.78 Å². The second-order valence-corrected chi connectivity index (χ2v) is 7.30. The maximum Gasteiger partial charge on any atom is 0.288 e. The molecule has 0 spiro atoms. The molecule has 30 heavy (non-hydrogen) atoms.